The Hall–Kier alpha value is -1.34. The van der Waals surface area contributed by atoms with Crippen molar-refractivity contribution in [1.82, 2.24) is 0 Å². The molecule has 0 heterocycles. The van der Waals surface area contributed by atoms with Gasteiger partial charge in [0.1, 0.15) is 0 Å². The Balaban J connectivity index is 1.96. The van der Waals surface area contributed by atoms with Crippen LogP contribution >= 0.6 is 11.8 Å². The van der Waals surface area contributed by atoms with Crippen LogP contribution in [0.25, 0.3) is 0 Å². The molecule has 1 aliphatic carbocycles. The molecule has 1 aromatic carbocycles. The summed E-state index contributed by atoms with van der Waals surface area (Å²) in [5, 5.41) is 0. The molecule has 16 heavy (non-hydrogen) atoms. The molecule has 0 spiro atoms. The van der Waals surface area contributed by atoms with Crippen molar-refractivity contribution in [3.63, 3.8) is 0 Å². The first-order chi connectivity index (χ1) is 7.88. The highest BCUT2D eigenvalue weighted by atomic mass is 35.5. The van der Waals surface area contributed by atoms with E-state index in [1.165, 1.54) is 11.1 Å². The van der Waals surface area contributed by atoms with Gasteiger partial charge in [-0.25, -0.2) is 0 Å². The minimum atomic E-state index is 0.846. The molecule has 1 aromatic rings. The summed E-state index contributed by atoms with van der Waals surface area (Å²) in [6, 6.07) is 10.5. The monoisotopic (exact) mass is 231 g/mol. The van der Waals surface area contributed by atoms with E-state index >= 15 is 0 Å². The normalized spacial score (nSPS) is 17.6. The van der Waals surface area contributed by atoms with Crippen molar-refractivity contribution in [2.45, 2.75) is 19.3 Å². The average Bonchev–Trinajstić information content (AvgIpc) is 2.38. The van der Waals surface area contributed by atoms with Crippen LogP contribution in [-0.4, -0.2) is 5.71 Å². The molecule has 0 bridgehead atoms. The fourth-order valence-corrected chi connectivity index (χ4v) is 1.92. The molecule has 1 nitrogen and oxygen atoms in total. The summed E-state index contributed by atoms with van der Waals surface area (Å²) in [5.74, 6) is 0. The second-order valence-corrected chi connectivity index (χ2v) is 4.06. The Morgan fingerprint density at radius 3 is 2.69 bits per heavy atom. The van der Waals surface area contributed by atoms with Gasteiger partial charge >= 0.3 is 0 Å². The number of nitrogens with zero attached hydrogens (tertiary/aromatic N) is 1. The molecule has 0 saturated carbocycles. The Morgan fingerprint density at radius 1 is 1.12 bits per heavy atom. The van der Waals surface area contributed by atoms with Gasteiger partial charge < -0.3 is 0 Å². The van der Waals surface area contributed by atoms with Crippen molar-refractivity contribution in [2.24, 2.45) is 4.51 Å². The van der Waals surface area contributed by atoms with Gasteiger partial charge in [0, 0.05) is 18.2 Å². The van der Waals surface area contributed by atoms with Gasteiger partial charge in [-0.2, -0.15) is 4.51 Å². The summed E-state index contributed by atoms with van der Waals surface area (Å²) in [4.78, 5) is 0. The predicted molar refractivity (Wildman–Crippen MR) is 69.9 cm³/mol. The van der Waals surface area contributed by atoms with Crippen molar-refractivity contribution in [3.05, 3.63) is 59.7 Å². The Labute approximate surface area is 101 Å². The molecule has 0 radical (unpaired) electrons. The minimum Gasteiger partial charge on any atom is -0.182 e. The summed E-state index contributed by atoms with van der Waals surface area (Å²) >= 11 is 5.47. The highest BCUT2D eigenvalue weighted by Gasteiger charge is 2.03. The van der Waals surface area contributed by atoms with Crippen LogP contribution in [0, 0.1) is 0 Å². The average molecular weight is 232 g/mol. The first-order valence-electron chi connectivity index (χ1n) is 5.47. The molecule has 0 N–H and O–H groups in total. The number of hydrogen-bond acceptors (Lipinski definition) is 1. The minimum absolute atomic E-state index is 0.846. The quantitative estimate of drug-likeness (QED) is 0.743. The lowest BCUT2D eigenvalue weighted by Crippen LogP contribution is -1.98. The van der Waals surface area contributed by atoms with Gasteiger partial charge in [0.05, 0.1) is 5.71 Å². The molecule has 2 heteroatoms. The third kappa shape index (κ3) is 3.07. The molecule has 0 aromatic heterocycles. The lowest BCUT2D eigenvalue weighted by Gasteiger charge is -2.07. The number of benzene rings is 1. The molecule has 0 atom stereocenters. The zero-order valence-electron chi connectivity index (χ0n) is 9.07. The summed E-state index contributed by atoms with van der Waals surface area (Å²) in [6.45, 7) is 0. The van der Waals surface area contributed by atoms with Crippen LogP contribution in [0.2, 0.25) is 0 Å². The van der Waals surface area contributed by atoms with Crippen LogP contribution < -0.4 is 0 Å². The number of hydrogen-bond donors (Lipinski definition) is 0. The molecule has 0 aliphatic heterocycles. The summed E-state index contributed by atoms with van der Waals surface area (Å²) in [6.07, 6.45) is 9.30. The molecule has 0 amide bonds. The van der Waals surface area contributed by atoms with Crippen LogP contribution in [0.5, 0.6) is 0 Å². The summed E-state index contributed by atoms with van der Waals surface area (Å²) < 4.78 is 3.71. The molecule has 0 unspecified atom stereocenters. The standard InChI is InChI=1S/C14H14ClN/c15-16-14-8-4-7-13(11-14)10-9-12-5-2-1-3-6-12/h1-7,11H,8-10H2/b16-14+. The van der Waals surface area contributed by atoms with E-state index in [-0.39, 0.29) is 0 Å². The van der Waals surface area contributed by atoms with Crippen LogP contribution in [0.4, 0.5) is 0 Å². The topological polar surface area (TPSA) is 12.4 Å². The van der Waals surface area contributed by atoms with E-state index in [0.717, 1.165) is 25.0 Å². The van der Waals surface area contributed by atoms with Crippen molar-refractivity contribution < 1.29 is 0 Å². The molecular weight excluding hydrogens is 218 g/mol. The van der Waals surface area contributed by atoms with Gasteiger partial charge in [-0.1, -0.05) is 42.5 Å². The molecule has 0 saturated heterocycles. The van der Waals surface area contributed by atoms with Crippen LogP contribution in [0.15, 0.2) is 58.6 Å². The van der Waals surface area contributed by atoms with E-state index in [1.54, 1.807) is 0 Å². The summed E-state index contributed by atoms with van der Waals surface area (Å²) in [7, 11) is 0. The lowest BCUT2D eigenvalue weighted by atomic mass is 9.99. The van der Waals surface area contributed by atoms with E-state index in [4.69, 9.17) is 11.8 Å². The zero-order chi connectivity index (χ0) is 11.2. The predicted octanol–water partition coefficient (Wildman–Crippen LogP) is 4.10. The maximum Gasteiger partial charge on any atom is 0.0591 e. The van der Waals surface area contributed by atoms with Crippen molar-refractivity contribution in [3.8, 4) is 0 Å². The van der Waals surface area contributed by atoms with Gasteiger partial charge in [-0.3, -0.25) is 0 Å². The Bertz CT molecular complexity index is 429. The second-order valence-electron chi connectivity index (χ2n) is 3.89. The van der Waals surface area contributed by atoms with Gasteiger partial charge in [0.25, 0.3) is 0 Å². The van der Waals surface area contributed by atoms with E-state index in [1.807, 2.05) is 6.07 Å². The SMILES string of the molecule is Cl/N=C1/C=C(CCc2ccccc2)C=CC1. The fourth-order valence-electron chi connectivity index (χ4n) is 1.80. The first-order valence-corrected chi connectivity index (χ1v) is 5.81. The fraction of sp³-hybridized carbons (Fsp3) is 0.214. The Morgan fingerprint density at radius 2 is 1.94 bits per heavy atom. The van der Waals surface area contributed by atoms with E-state index in [2.05, 4.69) is 47.0 Å². The summed E-state index contributed by atoms with van der Waals surface area (Å²) in [5.41, 5.74) is 3.62. The van der Waals surface area contributed by atoms with E-state index in [0.29, 0.717) is 0 Å². The molecule has 82 valence electrons. The van der Waals surface area contributed by atoms with Gasteiger partial charge in [-0.15, -0.1) is 0 Å². The third-order valence-corrected chi connectivity index (χ3v) is 2.88. The van der Waals surface area contributed by atoms with Gasteiger partial charge in [0.2, 0.25) is 0 Å². The smallest absolute Gasteiger partial charge is 0.0591 e. The third-order valence-electron chi connectivity index (χ3n) is 2.66. The highest BCUT2D eigenvalue weighted by molar-refractivity contribution is 6.22. The maximum absolute atomic E-state index is 5.47. The number of rotatable bonds is 3. The van der Waals surface area contributed by atoms with Gasteiger partial charge in [-0.05, 0) is 30.1 Å². The number of halogens is 1. The zero-order valence-corrected chi connectivity index (χ0v) is 9.82. The molecular formula is C14H14ClN. The molecule has 0 fully saturated rings. The first kappa shape index (κ1) is 11.2. The van der Waals surface area contributed by atoms with E-state index in [9.17, 15) is 0 Å². The van der Waals surface area contributed by atoms with Crippen LogP contribution in [-0.2, 0) is 6.42 Å². The van der Waals surface area contributed by atoms with E-state index < -0.39 is 0 Å². The maximum atomic E-state index is 5.47. The highest BCUT2D eigenvalue weighted by Crippen LogP contribution is 2.15. The van der Waals surface area contributed by atoms with Crippen LogP contribution in [0.1, 0.15) is 18.4 Å². The van der Waals surface area contributed by atoms with Crippen molar-refractivity contribution in [1.29, 1.82) is 0 Å². The van der Waals surface area contributed by atoms with Crippen LogP contribution in [0.3, 0.4) is 0 Å². The largest absolute Gasteiger partial charge is 0.182 e. The lowest BCUT2D eigenvalue weighted by molar-refractivity contribution is 0.962. The second kappa shape index (κ2) is 5.66. The van der Waals surface area contributed by atoms with Crippen molar-refractivity contribution in [2.75, 3.05) is 0 Å². The molecule has 1 aliphatic rings. The molecule has 2 rings (SSSR count). The van der Waals surface area contributed by atoms with Crippen molar-refractivity contribution >= 4 is 17.5 Å². The number of aryl methyl sites for hydroxylation is 1. The van der Waals surface area contributed by atoms with Gasteiger partial charge in [0.15, 0.2) is 0 Å². The Kier molecular flexibility index (Phi) is 3.95. The number of allylic oxidation sites excluding steroid dienone is 4.